The molecule has 2 N–H and O–H groups in total. The summed E-state index contributed by atoms with van der Waals surface area (Å²) in [5.74, 6) is -0.385. The van der Waals surface area contributed by atoms with Crippen molar-refractivity contribution in [3.63, 3.8) is 0 Å². The van der Waals surface area contributed by atoms with Crippen molar-refractivity contribution < 1.29 is 24.6 Å². The smallest absolute Gasteiger partial charge is 0.348 e. The van der Waals surface area contributed by atoms with E-state index in [0.29, 0.717) is 50.3 Å². The number of aromatic carboxylic acids is 1. The van der Waals surface area contributed by atoms with Gasteiger partial charge in [-0.25, -0.2) is 4.79 Å². The van der Waals surface area contributed by atoms with Crippen LogP contribution in [0.1, 0.15) is 97.7 Å². The Bertz CT molecular complexity index is 1240. The van der Waals surface area contributed by atoms with Crippen LogP contribution in [0.3, 0.4) is 0 Å². The van der Waals surface area contributed by atoms with Crippen LogP contribution < -0.4 is 4.90 Å². The first-order valence-electron chi connectivity index (χ1n) is 14.7. The molecule has 1 aromatic heterocycles. The van der Waals surface area contributed by atoms with Crippen molar-refractivity contribution in [2.45, 2.75) is 96.3 Å². The quantitative estimate of drug-likeness (QED) is 0.335. The number of carbonyl (C=O) groups excluding carboxylic acids is 1. The van der Waals surface area contributed by atoms with Crippen LogP contribution in [0.2, 0.25) is 0 Å². The van der Waals surface area contributed by atoms with Gasteiger partial charge in [-0.1, -0.05) is 48.5 Å². The fourth-order valence-corrected chi connectivity index (χ4v) is 7.25. The summed E-state index contributed by atoms with van der Waals surface area (Å²) in [6.07, 6.45) is 10.3. The Labute approximate surface area is 240 Å². The van der Waals surface area contributed by atoms with E-state index in [9.17, 15) is 19.8 Å². The van der Waals surface area contributed by atoms with Crippen LogP contribution in [0.4, 0.5) is 5.69 Å². The zero-order chi connectivity index (χ0) is 28.1. The monoisotopic (exact) mass is 564 g/mol. The molecule has 2 saturated carbocycles. The Morgan fingerprint density at radius 3 is 2.40 bits per heavy atom. The lowest BCUT2D eigenvalue weighted by Crippen LogP contribution is -2.47. The van der Waals surface area contributed by atoms with Gasteiger partial charge >= 0.3 is 5.97 Å². The summed E-state index contributed by atoms with van der Waals surface area (Å²) in [7, 11) is 0. The highest BCUT2D eigenvalue weighted by Crippen LogP contribution is 2.42. The summed E-state index contributed by atoms with van der Waals surface area (Å²) < 4.78 is 0. The molecule has 40 heavy (non-hydrogen) atoms. The zero-order valence-corrected chi connectivity index (χ0v) is 24.1. The van der Waals surface area contributed by atoms with Gasteiger partial charge in [0.1, 0.15) is 11.5 Å². The molecule has 0 saturated heterocycles. The first-order valence-corrected chi connectivity index (χ1v) is 15.5. The van der Waals surface area contributed by atoms with E-state index in [1.807, 2.05) is 41.3 Å². The molecule has 0 radical (unpaired) electrons. The average molecular weight is 565 g/mol. The minimum Gasteiger partial charge on any atom is -0.477 e. The Hall–Kier alpha value is -2.97. The number of carbonyl (C=O) groups is 2. The number of aliphatic hydroxyl groups excluding tert-OH is 1. The van der Waals surface area contributed by atoms with Crippen LogP contribution in [-0.4, -0.2) is 39.9 Å². The Morgan fingerprint density at radius 2 is 1.75 bits per heavy atom. The fraction of sp³-hybridized carbons (Fsp3) is 0.531. The predicted molar refractivity (Wildman–Crippen MR) is 159 cm³/mol. The number of hydrogen-bond donors (Lipinski definition) is 2. The van der Waals surface area contributed by atoms with E-state index in [4.69, 9.17) is 4.84 Å². The molecule has 0 spiro atoms. The maximum Gasteiger partial charge on any atom is 0.348 e. The van der Waals surface area contributed by atoms with Crippen molar-refractivity contribution in [1.82, 2.24) is 0 Å². The number of amides is 1. The van der Waals surface area contributed by atoms with Gasteiger partial charge in [0, 0.05) is 23.3 Å². The van der Waals surface area contributed by atoms with Crippen LogP contribution in [0.15, 0.2) is 47.6 Å². The van der Waals surface area contributed by atoms with Crippen LogP contribution in [0, 0.1) is 11.8 Å². The van der Waals surface area contributed by atoms with Crippen molar-refractivity contribution in [1.29, 1.82) is 0 Å². The van der Waals surface area contributed by atoms with Crippen LogP contribution >= 0.6 is 11.3 Å². The molecule has 1 aromatic carbocycles. The molecule has 0 atom stereocenters. The first-order chi connectivity index (χ1) is 19.4. The van der Waals surface area contributed by atoms with Crippen LogP contribution in [0.25, 0.3) is 5.57 Å². The number of benzene rings is 1. The molecule has 214 valence electrons. The molecular weight excluding hydrogens is 524 g/mol. The second-order valence-electron chi connectivity index (χ2n) is 11.6. The summed E-state index contributed by atoms with van der Waals surface area (Å²) in [6.45, 7) is 2.66. The largest absolute Gasteiger partial charge is 0.477 e. The van der Waals surface area contributed by atoms with E-state index in [1.165, 1.54) is 11.3 Å². The summed E-state index contributed by atoms with van der Waals surface area (Å²) in [4.78, 5) is 35.0. The number of anilines is 1. The van der Waals surface area contributed by atoms with Crippen molar-refractivity contribution in [2.75, 3.05) is 4.90 Å². The predicted octanol–water partition coefficient (Wildman–Crippen LogP) is 7.05. The molecule has 5 rings (SSSR count). The summed E-state index contributed by atoms with van der Waals surface area (Å²) >= 11 is 1.27. The average Bonchev–Trinajstić information content (AvgIpc) is 3.41. The Kier molecular flexibility index (Phi) is 9.37. The van der Waals surface area contributed by atoms with Crippen molar-refractivity contribution in [2.24, 2.45) is 17.0 Å². The lowest BCUT2D eigenvalue weighted by molar-refractivity contribution is -0.124. The van der Waals surface area contributed by atoms with Gasteiger partial charge in [0.2, 0.25) is 5.91 Å². The van der Waals surface area contributed by atoms with E-state index in [2.05, 4.69) is 18.2 Å². The lowest BCUT2D eigenvalue weighted by atomic mass is 9.81. The van der Waals surface area contributed by atoms with Gasteiger partial charge in [0.25, 0.3) is 0 Å². The van der Waals surface area contributed by atoms with Crippen molar-refractivity contribution >= 4 is 40.2 Å². The SMILES string of the molecule is CC1CCC(C(=O)N(c2cc(C3=CC/C(=N/OCc4ccccc4)CC3)sc2C(=O)O)C2CCC(O)CC2)CC1. The molecular formula is C32H40N2O5S. The van der Waals surface area contributed by atoms with E-state index in [1.54, 1.807) is 0 Å². The van der Waals surface area contributed by atoms with Crippen LogP contribution in [-0.2, 0) is 16.2 Å². The molecule has 0 unspecified atom stereocenters. The number of rotatable bonds is 8. The second-order valence-corrected chi connectivity index (χ2v) is 12.7. The van der Waals surface area contributed by atoms with Gasteiger partial charge in [-0.15, -0.1) is 11.3 Å². The van der Waals surface area contributed by atoms with Gasteiger partial charge in [0.05, 0.1) is 17.5 Å². The molecule has 7 nitrogen and oxygen atoms in total. The summed E-state index contributed by atoms with van der Waals surface area (Å²) in [6, 6.07) is 11.8. The number of hydrogen-bond acceptors (Lipinski definition) is 6. The number of nitrogens with zero attached hydrogens (tertiary/aromatic N) is 2. The van der Waals surface area contributed by atoms with Gasteiger partial charge in [0.15, 0.2) is 0 Å². The van der Waals surface area contributed by atoms with Gasteiger partial charge in [-0.2, -0.15) is 0 Å². The Morgan fingerprint density at radius 1 is 1.02 bits per heavy atom. The molecule has 0 bridgehead atoms. The second kappa shape index (κ2) is 13.1. The standard InChI is InChI=1S/C32H40N2O5S/c1-21-7-9-24(10-8-21)31(36)34(26-15-17-27(35)18-16-26)28-19-29(40-30(28)32(37)38)23-11-13-25(14-12-23)33-39-20-22-5-3-2-4-6-22/h2-6,11,19,21,24,26-27,35H,7-10,12-18,20H2,1H3,(H,37,38)/b33-25-. The molecule has 1 amide bonds. The highest BCUT2D eigenvalue weighted by atomic mass is 32.1. The van der Waals surface area contributed by atoms with E-state index in [0.717, 1.165) is 60.3 Å². The number of carboxylic acid groups (broad SMARTS) is 1. The third-order valence-corrected chi connectivity index (χ3v) is 9.84. The highest BCUT2D eigenvalue weighted by molar-refractivity contribution is 7.15. The minimum atomic E-state index is -0.995. The summed E-state index contributed by atoms with van der Waals surface area (Å²) in [5, 5.41) is 24.7. The number of oxime groups is 1. The van der Waals surface area contributed by atoms with Gasteiger partial charge < -0.3 is 20.0 Å². The maximum atomic E-state index is 14.0. The normalized spacial score (nSPS) is 26.2. The van der Waals surface area contributed by atoms with Gasteiger partial charge in [-0.05, 0) is 87.3 Å². The molecule has 3 aliphatic carbocycles. The first kappa shape index (κ1) is 28.6. The fourth-order valence-electron chi connectivity index (χ4n) is 6.19. The number of thiophene rings is 1. The zero-order valence-electron chi connectivity index (χ0n) is 23.3. The van der Waals surface area contributed by atoms with E-state index < -0.39 is 5.97 Å². The number of allylic oxidation sites excluding steroid dienone is 2. The maximum absolute atomic E-state index is 14.0. The van der Waals surface area contributed by atoms with E-state index in [-0.39, 0.29) is 28.8 Å². The molecule has 3 aliphatic rings. The lowest BCUT2D eigenvalue weighted by Gasteiger charge is -2.38. The van der Waals surface area contributed by atoms with Crippen LogP contribution in [0.5, 0.6) is 0 Å². The van der Waals surface area contributed by atoms with Crippen molar-refractivity contribution in [3.05, 3.63) is 57.8 Å². The topological polar surface area (TPSA) is 99.4 Å². The molecule has 0 aliphatic heterocycles. The number of carboxylic acids is 1. The molecule has 8 heteroatoms. The van der Waals surface area contributed by atoms with Crippen molar-refractivity contribution in [3.8, 4) is 0 Å². The minimum absolute atomic E-state index is 0.0581. The highest BCUT2D eigenvalue weighted by Gasteiger charge is 2.37. The molecule has 2 fully saturated rings. The molecule has 2 aromatic rings. The Balaban J connectivity index is 1.36. The van der Waals surface area contributed by atoms with Gasteiger partial charge in [-0.3, -0.25) is 4.79 Å². The third kappa shape index (κ3) is 6.84. The number of aliphatic hydroxyl groups is 1. The summed E-state index contributed by atoms with van der Waals surface area (Å²) in [5.41, 5.74) is 3.67. The molecule has 1 heterocycles. The van der Waals surface area contributed by atoms with E-state index >= 15 is 0 Å². The third-order valence-electron chi connectivity index (χ3n) is 8.65.